The fraction of sp³-hybridized carbons (Fsp3) is 0.600. The molecule has 18 heavy (non-hydrogen) atoms. The number of para-hydroxylation sites is 2. The van der Waals surface area contributed by atoms with Crippen LogP contribution in [-0.2, 0) is 0 Å². The molecule has 1 aliphatic carbocycles. The van der Waals surface area contributed by atoms with Gasteiger partial charge in [-0.2, -0.15) is 0 Å². The molecule has 1 aliphatic heterocycles. The van der Waals surface area contributed by atoms with Gasteiger partial charge in [0, 0.05) is 6.04 Å². The summed E-state index contributed by atoms with van der Waals surface area (Å²) in [5, 5.41) is 0. The van der Waals surface area contributed by atoms with Crippen LogP contribution >= 0.6 is 0 Å². The van der Waals surface area contributed by atoms with Crippen LogP contribution in [-0.4, -0.2) is 18.8 Å². The zero-order valence-electron chi connectivity index (χ0n) is 10.7. The molecule has 2 atom stereocenters. The van der Waals surface area contributed by atoms with Gasteiger partial charge in [-0.15, -0.1) is 0 Å². The fourth-order valence-corrected chi connectivity index (χ4v) is 3.03. The van der Waals surface area contributed by atoms with Gasteiger partial charge < -0.3 is 15.2 Å². The average molecular weight is 247 g/mol. The normalized spacial score (nSPS) is 25.1. The van der Waals surface area contributed by atoms with Crippen molar-refractivity contribution in [2.45, 2.75) is 44.2 Å². The van der Waals surface area contributed by atoms with Crippen LogP contribution in [0.5, 0.6) is 11.5 Å². The third-order valence-corrected chi connectivity index (χ3v) is 4.09. The lowest BCUT2D eigenvalue weighted by Gasteiger charge is -2.31. The second kappa shape index (κ2) is 5.19. The third-order valence-electron chi connectivity index (χ3n) is 4.09. The Hall–Kier alpha value is -1.22. The second-order valence-electron chi connectivity index (χ2n) is 5.46. The molecular weight excluding hydrogens is 226 g/mol. The topological polar surface area (TPSA) is 44.5 Å². The summed E-state index contributed by atoms with van der Waals surface area (Å²) in [7, 11) is 0. The van der Waals surface area contributed by atoms with E-state index in [9.17, 15) is 0 Å². The number of fused-ring (bicyclic) bond motifs is 1. The molecule has 0 amide bonds. The van der Waals surface area contributed by atoms with Crippen molar-refractivity contribution in [3.8, 4) is 11.5 Å². The highest BCUT2D eigenvalue weighted by molar-refractivity contribution is 5.40. The minimum Gasteiger partial charge on any atom is -0.486 e. The predicted molar refractivity (Wildman–Crippen MR) is 70.9 cm³/mol. The lowest BCUT2D eigenvalue weighted by molar-refractivity contribution is 0.0659. The predicted octanol–water partition coefficient (Wildman–Crippen LogP) is 2.73. The minimum absolute atomic E-state index is 0.000463. The maximum absolute atomic E-state index is 6.28. The van der Waals surface area contributed by atoms with Crippen LogP contribution < -0.4 is 15.2 Å². The molecule has 0 saturated heterocycles. The summed E-state index contributed by atoms with van der Waals surface area (Å²) < 4.78 is 11.7. The highest BCUT2D eigenvalue weighted by Gasteiger charge is 2.29. The van der Waals surface area contributed by atoms with E-state index < -0.39 is 0 Å². The van der Waals surface area contributed by atoms with Gasteiger partial charge in [0.05, 0.1) is 0 Å². The molecule has 0 unspecified atom stereocenters. The first-order valence-corrected chi connectivity index (χ1v) is 6.97. The molecule has 0 bridgehead atoms. The number of hydrogen-bond donors (Lipinski definition) is 1. The Kier molecular flexibility index (Phi) is 3.41. The summed E-state index contributed by atoms with van der Waals surface area (Å²) in [6.07, 6.45) is 6.46. The Morgan fingerprint density at radius 1 is 1.17 bits per heavy atom. The summed E-state index contributed by atoms with van der Waals surface area (Å²) in [5.41, 5.74) is 6.28. The van der Waals surface area contributed by atoms with Gasteiger partial charge in [-0.25, -0.2) is 0 Å². The van der Waals surface area contributed by atoms with Crippen LogP contribution in [0.3, 0.4) is 0 Å². The highest BCUT2D eigenvalue weighted by atomic mass is 16.6. The van der Waals surface area contributed by atoms with Gasteiger partial charge in [0.25, 0.3) is 0 Å². The van der Waals surface area contributed by atoms with E-state index in [1.165, 1.54) is 25.7 Å². The largest absolute Gasteiger partial charge is 0.486 e. The lowest BCUT2D eigenvalue weighted by Crippen LogP contribution is -2.45. The van der Waals surface area contributed by atoms with Gasteiger partial charge >= 0.3 is 0 Å². The Balaban J connectivity index is 1.60. The van der Waals surface area contributed by atoms with Crippen molar-refractivity contribution in [3.05, 3.63) is 24.3 Å². The Morgan fingerprint density at radius 2 is 1.89 bits per heavy atom. The molecular formula is C15H21NO2. The van der Waals surface area contributed by atoms with Crippen molar-refractivity contribution in [2.75, 3.05) is 6.61 Å². The van der Waals surface area contributed by atoms with Crippen LogP contribution in [0.2, 0.25) is 0 Å². The maximum atomic E-state index is 6.28. The zero-order chi connectivity index (χ0) is 12.4. The Morgan fingerprint density at radius 3 is 2.67 bits per heavy atom. The molecule has 2 aliphatic rings. The quantitative estimate of drug-likeness (QED) is 0.893. The summed E-state index contributed by atoms with van der Waals surface area (Å²) in [6.45, 7) is 0.574. The highest BCUT2D eigenvalue weighted by Crippen LogP contribution is 2.33. The lowest BCUT2D eigenvalue weighted by atomic mass is 9.95. The molecule has 1 fully saturated rings. The van der Waals surface area contributed by atoms with Gasteiger partial charge in [-0.05, 0) is 24.5 Å². The van der Waals surface area contributed by atoms with Gasteiger partial charge in [0.2, 0.25) is 0 Å². The molecule has 3 rings (SSSR count). The number of nitrogens with two attached hydrogens (primary N) is 1. The van der Waals surface area contributed by atoms with Crippen LogP contribution in [0.1, 0.15) is 32.1 Å². The molecule has 0 spiro atoms. The molecule has 1 aromatic carbocycles. The summed E-state index contributed by atoms with van der Waals surface area (Å²) in [4.78, 5) is 0. The summed E-state index contributed by atoms with van der Waals surface area (Å²) in [6, 6.07) is 7.90. The first-order valence-electron chi connectivity index (χ1n) is 6.97. The first-order chi connectivity index (χ1) is 8.83. The fourth-order valence-electron chi connectivity index (χ4n) is 3.03. The van der Waals surface area contributed by atoms with Crippen molar-refractivity contribution in [3.63, 3.8) is 0 Å². The van der Waals surface area contributed by atoms with Crippen LogP contribution in [0.15, 0.2) is 24.3 Å². The number of ether oxygens (including phenoxy) is 2. The van der Waals surface area contributed by atoms with Crippen molar-refractivity contribution in [2.24, 2.45) is 11.7 Å². The maximum Gasteiger partial charge on any atom is 0.161 e. The summed E-state index contributed by atoms with van der Waals surface area (Å²) >= 11 is 0. The Bertz CT molecular complexity index is 401. The van der Waals surface area contributed by atoms with E-state index in [0.717, 1.165) is 23.8 Å². The standard InChI is InChI=1S/C15H21NO2/c16-12(9-11-5-1-2-6-11)15-10-17-13-7-3-4-8-14(13)18-15/h3-4,7-8,11-12,15H,1-2,5-6,9-10,16H2/t12-,15-/m0/s1. The van der Waals surface area contributed by atoms with E-state index in [1.807, 2.05) is 24.3 Å². The van der Waals surface area contributed by atoms with E-state index >= 15 is 0 Å². The third kappa shape index (κ3) is 2.46. The molecule has 98 valence electrons. The van der Waals surface area contributed by atoms with Gasteiger partial charge in [0.15, 0.2) is 11.5 Å². The zero-order valence-corrected chi connectivity index (χ0v) is 10.7. The van der Waals surface area contributed by atoms with Crippen molar-refractivity contribution in [1.29, 1.82) is 0 Å². The Labute approximate surface area is 108 Å². The first kappa shape index (κ1) is 11.8. The molecule has 1 aromatic rings. The molecule has 3 nitrogen and oxygen atoms in total. The molecule has 3 heteroatoms. The average Bonchev–Trinajstić information content (AvgIpc) is 2.91. The van der Waals surface area contributed by atoms with Crippen molar-refractivity contribution in [1.82, 2.24) is 0 Å². The van der Waals surface area contributed by atoms with E-state index in [-0.39, 0.29) is 12.1 Å². The SMILES string of the molecule is N[C@@H](CC1CCCC1)[C@@H]1COc2ccccc2O1. The number of rotatable bonds is 3. The molecule has 0 aromatic heterocycles. The summed E-state index contributed by atoms with van der Waals surface area (Å²) in [5.74, 6) is 2.46. The minimum atomic E-state index is 0.000463. The van der Waals surface area contributed by atoms with Gasteiger partial charge in [0.1, 0.15) is 12.7 Å². The molecule has 2 N–H and O–H groups in total. The van der Waals surface area contributed by atoms with E-state index in [2.05, 4.69) is 0 Å². The second-order valence-corrected chi connectivity index (χ2v) is 5.46. The number of hydrogen-bond acceptors (Lipinski definition) is 3. The monoisotopic (exact) mass is 247 g/mol. The molecule has 1 heterocycles. The van der Waals surface area contributed by atoms with E-state index in [1.54, 1.807) is 0 Å². The molecule has 1 saturated carbocycles. The van der Waals surface area contributed by atoms with Gasteiger partial charge in [-0.3, -0.25) is 0 Å². The van der Waals surface area contributed by atoms with Crippen molar-refractivity contribution < 1.29 is 9.47 Å². The van der Waals surface area contributed by atoms with E-state index in [4.69, 9.17) is 15.2 Å². The number of benzene rings is 1. The van der Waals surface area contributed by atoms with Crippen molar-refractivity contribution >= 4 is 0 Å². The van der Waals surface area contributed by atoms with Crippen LogP contribution in [0, 0.1) is 5.92 Å². The van der Waals surface area contributed by atoms with Crippen LogP contribution in [0.4, 0.5) is 0 Å². The molecule has 0 radical (unpaired) electrons. The van der Waals surface area contributed by atoms with E-state index in [0.29, 0.717) is 6.61 Å². The smallest absolute Gasteiger partial charge is 0.161 e. The van der Waals surface area contributed by atoms with Crippen LogP contribution in [0.25, 0.3) is 0 Å². The van der Waals surface area contributed by atoms with Gasteiger partial charge in [-0.1, -0.05) is 37.8 Å².